The van der Waals surface area contributed by atoms with Crippen molar-refractivity contribution in [2.45, 2.75) is 65.0 Å². The second-order valence-corrected chi connectivity index (χ2v) is 7.04. The monoisotopic (exact) mass is 318 g/mol. The molecule has 5 nitrogen and oxygen atoms in total. The molecule has 23 heavy (non-hydrogen) atoms. The van der Waals surface area contributed by atoms with Gasteiger partial charge in [-0.2, -0.15) is 0 Å². The van der Waals surface area contributed by atoms with Crippen molar-refractivity contribution in [1.29, 1.82) is 0 Å². The highest BCUT2D eigenvalue weighted by molar-refractivity contribution is 5.82. The van der Waals surface area contributed by atoms with Gasteiger partial charge in [0, 0.05) is 18.7 Å². The number of hydrogen-bond donors (Lipinski definition) is 0. The average molecular weight is 318 g/mol. The quantitative estimate of drug-likeness (QED) is 0.800. The van der Waals surface area contributed by atoms with Gasteiger partial charge in [-0.05, 0) is 52.7 Å². The molecule has 0 aliphatic carbocycles. The summed E-state index contributed by atoms with van der Waals surface area (Å²) in [5.41, 5.74) is 1.38. The smallest absolute Gasteiger partial charge is 0.306 e. The summed E-state index contributed by atoms with van der Waals surface area (Å²) in [4.78, 5) is 30.6. The molecule has 2 rings (SSSR count). The standard InChI is InChI=1S/C18H26N2O3/c1-13-7-5-8-14(19-13)15-9-6-12-20(15)16(21)10-11-17(22)23-18(2,3)4/h5,7-8,15H,6,9-12H2,1-4H3/t15-/m0/s1. The molecule has 1 aliphatic heterocycles. The van der Waals surface area contributed by atoms with Crippen molar-refractivity contribution >= 4 is 11.9 Å². The van der Waals surface area contributed by atoms with Crippen LogP contribution in [0.4, 0.5) is 0 Å². The molecular weight excluding hydrogens is 292 g/mol. The van der Waals surface area contributed by atoms with E-state index < -0.39 is 5.60 Å². The van der Waals surface area contributed by atoms with Gasteiger partial charge in [-0.3, -0.25) is 14.6 Å². The SMILES string of the molecule is Cc1cccc([C@@H]2CCCN2C(=O)CCC(=O)OC(C)(C)C)n1. The molecule has 0 spiro atoms. The minimum Gasteiger partial charge on any atom is -0.460 e. The predicted octanol–water partition coefficient (Wildman–Crippen LogP) is 3.18. The third kappa shape index (κ3) is 5.05. The number of carbonyl (C=O) groups excluding carboxylic acids is 2. The molecule has 1 aromatic heterocycles. The molecule has 0 aromatic carbocycles. The number of nitrogens with zero attached hydrogens (tertiary/aromatic N) is 2. The van der Waals surface area contributed by atoms with E-state index in [-0.39, 0.29) is 30.8 Å². The van der Waals surface area contributed by atoms with E-state index in [9.17, 15) is 9.59 Å². The van der Waals surface area contributed by atoms with Gasteiger partial charge in [-0.1, -0.05) is 6.07 Å². The zero-order chi connectivity index (χ0) is 17.0. The number of aromatic nitrogens is 1. The van der Waals surface area contributed by atoms with E-state index in [4.69, 9.17) is 4.74 Å². The molecule has 0 N–H and O–H groups in total. The lowest BCUT2D eigenvalue weighted by Crippen LogP contribution is -2.32. The van der Waals surface area contributed by atoms with Crippen LogP contribution in [-0.4, -0.2) is 33.9 Å². The summed E-state index contributed by atoms with van der Waals surface area (Å²) < 4.78 is 5.26. The second-order valence-electron chi connectivity index (χ2n) is 7.04. The fourth-order valence-corrected chi connectivity index (χ4v) is 2.87. The Bertz CT molecular complexity index is 578. The number of pyridine rings is 1. The zero-order valence-corrected chi connectivity index (χ0v) is 14.5. The molecule has 0 bridgehead atoms. The van der Waals surface area contributed by atoms with Crippen molar-refractivity contribution in [1.82, 2.24) is 9.88 Å². The van der Waals surface area contributed by atoms with Crippen LogP contribution in [-0.2, 0) is 14.3 Å². The Kier molecular flexibility index (Phi) is 5.39. The summed E-state index contributed by atoms with van der Waals surface area (Å²) in [6.45, 7) is 8.16. The highest BCUT2D eigenvalue weighted by Gasteiger charge is 2.31. The number of aryl methyl sites for hydroxylation is 1. The van der Waals surface area contributed by atoms with Gasteiger partial charge >= 0.3 is 5.97 Å². The van der Waals surface area contributed by atoms with Crippen LogP contribution in [0.25, 0.3) is 0 Å². The zero-order valence-electron chi connectivity index (χ0n) is 14.5. The summed E-state index contributed by atoms with van der Waals surface area (Å²) >= 11 is 0. The third-order valence-electron chi connectivity index (χ3n) is 3.79. The maximum Gasteiger partial charge on any atom is 0.306 e. The Hall–Kier alpha value is -1.91. The lowest BCUT2D eigenvalue weighted by Gasteiger charge is -2.25. The molecule has 1 aromatic rings. The van der Waals surface area contributed by atoms with E-state index in [0.29, 0.717) is 0 Å². The topological polar surface area (TPSA) is 59.5 Å². The number of hydrogen-bond acceptors (Lipinski definition) is 4. The fraction of sp³-hybridized carbons (Fsp3) is 0.611. The Labute approximate surface area is 138 Å². The minimum atomic E-state index is -0.512. The highest BCUT2D eigenvalue weighted by atomic mass is 16.6. The van der Waals surface area contributed by atoms with Crippen molar-refractivity contribution in [2.24, 2.45) is 0 Å². The lowest BCUT2D eigenvalue weighted by atomic mass is 10.1. The largest absolute Gasteiger partial charge is 0.460 e. The van der Waals surface area contributed by atoms with Gasteiger partial charge in [0.15, 0.2) is 0 Å². The van der Waals surface area contributed by atoms with Gasteiger partial charge < -0.3 is 9.64 Å². The van der Waals surface area contributed by atoms with Gasteiger partial charge in [0.25, 0.3) is 0 Å². The van der Waals surface area contributed by atoms with Gasteiger partial charge in [0.2, 0.25) is 5.91 Å². The van der Waals surface area contributed by atoms with Crippen molar-refractivity contribution in [3.8, 4) is 0 Å². The maximum atomic E-state index is 12.5. The first-order valence-corrected chi connectivity index (χ1v) is 8.21. The molecule has 0 radical (unpaired) electrons. The molecule has 1 saturated heterocycles. The summed E-state index contributed by atoms with van der Waals surface area (Å²) in [5.74, 6) is -0.322. The first kappa shape index (κ1) is 17.4. The summed E-state index contributed by atoms with van der Waals surface area (Å²) in [5, 5.41) is 0. The van der Waals surface area contributed by atoms with Crippen molar-refractivity contribution in [3.63, 3.8) is 0 Å². The number of esters is 1. The Balaban J connectivity index is 1.94. The minimum absolute atomic E-state index is 0.00154. The maximum absolute atomic E-state index is 12.5. The van der Waals surface area contributed by atoms with Crippen LogP contribution >= 0.6 is 0 Å². The van der Waals surface area contributed by atoms with Gasteiger partial charge in [-0.15, -0.1) is 0 Å². The Morgan fingerprint density at radius 3 is 2.70 bits per heavy atom. The highest BCUT2D eigenvalue weighted by Crippen LogP contribution is 2.31. The summed E-state index contributed by atoms with van der Waals surface area (Å²) in [6.07, 6.45) is 2.21. The second kappa shape index (κ2) is 7.11. The van der Waals surface area contributed by atoms with Crippen LogP contribution in [0.3, 0.4) is 0 Å². The van der Waals surface area contributed by atoms with Crippen LogP contribution < -0.4 is 0 Å². The summed E-state index contributed by atoms with van der Waals surface area (Å²) in [7, 11) is 0. The van der Waals surface area contributed by atoms with E-state index in [0.717, 1.165) is 30.8 Å². The number of likely N-dealkylation sites (tertiary alicyclic amines) is 1. The molecular formula is C18H26N2O3. The molecule has 1 aliphatic rings. The first-order chi connectivity index (χ1) is 10.8. The van der Waals surface area contributed by atoms with E-state index in [1.165, 1.54) is 0 Å². The fourth-order valence-electron chi connectivity index (χ4n) is 2.87. The van der Waals surface area contributed by atoms with Crippen molar-refractivity contribution < 1.29 is 14.3 Å². The molecule has 1 atom stereocenters. The van der Waals surface area contributed by atoms with Crippen LogP contribution in [0.2, 0.25) is 0 Å². The van der Waals surface area contributed by atoms with Crippen LogP contribution in [0.1, 0.15) is 63.9 Å². The van der Waals surface area contributed by atoms with Crippen LogP contribution in [0.5, 0.6) is 0 Å². The molecule has 5 heteroatoms. The number of ether oxygens (including phenoxy) is 1. The average Bonchev–Trinajstić information content (AvgIpc) is 2.92. The van der Waals surface area contributed by atoms with Crippen LogP contribution in [0.15, 0.2) is 18.2 Å². The van der Waals surface area contributed by atoms with E-state index in [1.807, 2.05) is 50.8 Å². The first-order valence-electron chi connectivity index (χ1n) is 8.21. The van der Waals surface area contributed by atoms with Crippen molar-refractivity contribution in [2.75, 3.05) is 6.54 Å². The van der Waals surface area contributed by atoms with E-state index in [2.05, 4.69) is 4.98 Å². The Morgan fingerprint density at radius 1 is 1.30 bits per heavy atom. The molecule has 1 fully saturated rings. The van der Waals surface area contributed by atoms with E-state index >= 15 is 0 Å². The molecule has 0 saturated carbocycles. The van der Waals surface area contributed by atoms with Crippen molar-refractivity contribution in [3.05, 3.63) is 29.6 Å². The van der Waals surface area contributed by atoms with Gasteiger partial charge in [0.05, 0.1) is 18.2 Å². The molecule has 126 valence electrons. The third-order valence-corrected chi connectivity index (χ3v) is 3.79. The Morgan fingerprint density at radius 2 is 2.04 bits per heavy atom. The normalized spacial score (nSPS) is 18.1. The molecule has 1 amide bonds. The number of amides is 1. The number of rotatable bonds is 4. The molecule has 2 heterocycles. The lowest BCUT2D eigenvalue weighted by molar-refractivity contribution is -0.156. The summed E-state index contributed by atoms with van der Waals surface area (Å²) in [6, 6.07) is 5.92. The van der Waals surface area contributed by atoms with Gasteiger partial charge in [-0.25, -0.2) is 0 Å². The van der Waals surface area contributed by atoms with E-state index in [1.54, 1.807) is 0 Å². The van der Waals surface area contributed by atoms with Crippen LogP contribution in [0, 0.1) is 6.92 Å². The number of carbonyl (C=O) groups is 2. The molecule has 0 unspecified atom stereocenters. The predicted molar refractivity (Wildman–Crippen MR) is 87.7 cm³/mol. The van der Waals surface area contributed by atoms with Gasteiger partial charge in [0.1, 0.15) is 5.60 Å².